The van der Waals surface area contributed by atoms with Gasteiger partial charge in [-0.2, -0.15) is 0 Å². The molecule has 386 valence electrons. The van der Waals surface area contributed by atoms with Crippen molar-refractivity contribution >= 4 is 17.9 Å². The fourth-order valence-electron chi connectivity index (χ4n) is 9.15. The third-order valence-electron chi connectivity index (χ3n) is 13.6. The van der Waals surface area contributed by atoms with Crippen LogP contribution in [0.4, 0.5) is 0 Å². The lowest BCUT2D eigenvalue weighted by atomic mass is 10.0. The third kappa shape index (κ3) is 53.2. The summed E-state index contributed by atoms with van der Waals surface area (Å²) in [5.41, 5.74) is 0. The smallest absolute Gasteiger partial charge is 0.306 e. The molecule has 0 radical (unpaired) electrons. The lowest BCUT2D eigenvalue weighted by molar-refractivity contribution is -0.167. The number of esters is 3. The van der Waals surface area contributed by atoms with E-state index >= 15 is 0 Å². The quantitative estimate of drug-likeness (QED) is 0.0344. The van der Waals surface area contributed by atoms with E-state index in [1.165, 1.54) is 244 Å². The molecule has 6 nitrogen and oxygen atoms in total. The summed E-state index contributed by atoms with van der Waals surface area (Å²) in [4.78, 5) is 38.1. The van der Waals surface area contributed by atoms with Crippen molar-refractivity contribution in [1.82, 2.24) is 0 Å². The van der Waals surface area contributed by atoms with Crippen LogP contribution < -0.4 is 0 Å². The second kappa shape index (κ2) is 55.0. The molecule has 0 amide bonds. The van der Waals surface area contributed by atoms with Gasteiger partial charge in [-0.15, -0.1) is 0 Å². The zero-order chi connectivity index (χ0) is 47.2. The van der Waals surface area contributed by atoms with Crippen molar-refractivity contribution in [1.29, 1.82) is 0 Å². The number of carbonyl (C=O) groups excluding carboxylic acids is 3. The van der Waals surface area contributed by atoms with E-state index in [0.29, 0.717) is 19.3 Å². The van der Waals surface area contributed by atoms with E-state index in [1.54, 1.807) is 0 Å². The molecule has 0 fully saturated rings. The van der Waals surface area contributed by atoms with E-state index in [9.17, 15) is 14.4 Å². The van der Waals surface area contributed by atoms with Gasteiger partial charge in [-0.3, -0.25) is 14.4 Å². The van der Waals surface area contributed by atoms with Crippen LogP contribution in [0.5, 0.6) is 0 Å². The van der Waals surface area contributed by atoms with Crippen LogP contribution in [0.2, 0.25) is 0 Å². The summed E-state index contributed by atoms with van der Waals surface area (Å²) < 4.78 is 16.9. The highest BCUT2D eigenvalue weighted by molar-refractivity contribution is 5.71. The number of hydrogen-bond acceptors (Lipinski definition) is 6. The summed E-state index contributed by atoms with van der Waals surface area (Å²) in [5.74, 6) is -0.831. The largest absolute Gasteiger partial charge is 0.462 e. The van der Waals surface area contributed by atoms with Crippen molar-refractivity contribution in [2.75, 3.05) is 13.2 Å². The van der Waals surface area contributed by atoms with Crippen LogP contribution >= 0.6 is 0 Å². The highest BCUT2D eigenvalue weighted by Crippen LogP contribution is 2.18. The predicted octanol–water partition coefficient (Wildman–Crippen LogP) is 19.5. The van der Waals surface area contributed by atoms with Crippen LogP contribution in [0.3, 0.4) is 0 Å². The molecule has 1 atom stereocenters. The zero-order valence-corrected chi connectivity index (χ0v) is 44.3. The van der Waals surface area contributed by atoms with Crippen molar-refractivity contribution in [3.8, 4) is 0 Å². The van der Waals surface area contributed by atoms with Gasteiger partial charge in [-0.25, -0.2) is 0 Å². The van der Waals surface area contributed by atoms with Gasteiger partial charge in [0.2, 0.25) is 0 Å². The van der Waals surface area contributed by atoms with Gasteiger partial charge in [0.15, 0.2) is 6.10 Å². The molecule has 0 aromatic heterocycles. The molecule has 0 aromatic carbocycles. The maximum absolute atomic E-state index is 12.9. The zero-order valence-electron chi connectivity index (χ0n) is 44.3. The average Bonchev–Trinajstić information content (AvgIpc) is 3.30. The summed E-state index contributed by atoms with van der Waals surface area (Å²) >= 11 is 0. The molecule has 0 saturated carbocycles. The van der Waals surface area contributed by atoms with Crippen molar-refractivity contribution in [2.24, 2.45) is 0 Å². The monoisotopic (exact) mass is 919 g/mol. The average molecular weight is 920 g/mol. The van der Waals surface area contributed by atoms with E-state index in [4.69, 9.17) is 14.2 Å². The molecule has 0 N–H and O–H groups in total. The number of unbranched alkanes of at least 4 members (excludes halogenated alkanes) is 44. The van der Waals surface area contributed by atoms with Crippen LogP contribution in [0.15, 0.2) is 0 Å². The van der Waals surface area contributed by atoms with Gasteiger partial charge >= 0.3 is 17.9 Å². The first kappa shape index (κ1) is 63.4. The standard InChI is InChI=1S/C59H114O6/c1-4-7-10-13-16-19-22-25-27-29-31-33-35-38-41-44-47-50-53-59(62)65-56(54-63-57(60)51-48-45-42-39-36-24-21-18-15-12-9-6-3)55-64-58(61)52-49-46-43-40-37-34-32-30-28-26-23-20-17-14-11-8-5-2/h56H,4-55H2,1-3H3/t56-/m1/s1. The minimum Gasteiger partial charge on any atom is -0.462 e. The van der Waals surface area contributed by atoms with Crippen molar-refractivity contribution in [2.45, 2.75) is 348 Å². The Morgan fingerprint density at radius 2 is 0.415 bits per heavy atom. The Bertz CT molecular complexity index is 967. The van der Waals surface area contributed by atoms with Gasteiger partial charge in [-0.05, 0) is 19.3 Å². The summed E-state index contributed by atoms with van der Waals surface area (Å²) in [5, 5.41) is 0. The van der Waals surface area contributed by atoms with Gasteiger partial charge in [0.25, 0.3) is 0 Å². The molecule has 0 saturated heterocycles. The Morgan fingerprint density at radius 3 is 0.615 bits per heavy atom. The Kier molecular flexibility index (Phi) is 53.7. The van der Waals surface area contributed by atoms with Gasteiger partial charge in [-0.1, -0.05) is 303 Å². The van der Waals surface area contributed by atoms with Crippen molar-refractivity contribution < 1.29 is 28.6 Å². The SMILES string of the molecule is CCCCCCCCCCCCCCCCCCCCC(=O)O[C@H](COC(=O)CCCCCCCCCCCCCC)COC(=O)CCCCCCCCCCCCCCCCCCC. The fraction of sp³-hybridized carbons (Fsp3) is 0.949. The van der Waals surface area contributed by atoms with E-state index in [2.05, 4.69) is 20.8 Å². The van der Waals surface area contributed by atoms with Gasteiger partial charge in [0.1, 0.15) is 13.2 Å². The molecule has 0 heterocycles. The van der Waals surface area contributed by atoms with Crippen molar-refractivity contribution in [3.63, 3.8) is 0 Å². The number of hydrogen-bond donors (Lipinski definition) is 0. The fourth-order valence-corrected chi connectivity index (χ4v) is 9.15. The van der Waals surface area contributed by atoms with Crippen LogP contribution in [0.1, 0.15) is 342 Å². The number of rotatable bonds is 55. The molecule has 0 bridgehead atoms. The summed E-state index contributed by atoms with van der Waals surface area (Å²) in [6.07, 6.45) is 60.9. The Balaban J connectivity index is 4.26. The third-order valence-corrected chi connectivity index (χ3v) is 13.6. The summed E-state index contributed by atoms with van der Waals surface area (Å²) in [7, 11) is 0. The lowest BCUT2D eigenvalue weighted by Crippen LogP contribution is -2.30. The molecule has 65 heavy (non-hydrogen) atoms. The topological polar surface area (TPSA) is 78.9 Å². The Morgan fingerprint density at radius 1 is 0.246 bits per heavy atom. The van der Waals surface area contributed by atoms with Gasteiger partial charge < -0.3 is 14.2 Å². The van der Waals surface area contributed by atoms with Crippen molar-refractivity contribution in [3.05, 3.63) is 0 Å². The molecular formula is C59H114O6. The highest BCUT2D eigenvalue weighted by atomic mass is 16.6. The molecular weight excluding hydrogens is 805 g/mol. The Hall–Kier alpha value is -1.59. The molecule has 0 aliphatic carbocycles. The minimum atomic E-state index is -0.761. The van der Waals surface area contributed by atoms with Crippen LogP contribution in [-0.4, -0.2) is 37.2 Å². The number of carbonyl (C=O) groups is 3. The summed E-state index contributed by atoms with van der Waals surface area (Å²) in [6.45, 7) is 6.71. The van der Waals surface area contributed by atoms with Crippen LogP contribution in [0.25, 0.3) is 0 Å². The maximum Gasteiger partial charge on any atom is 0.306 e. The number of ether oxygens (including phenoxy) is 3. The molecule has 0 unspecified atom stereocenters. The molecule has 0 aliphatic heterocycles. The molecule has 0 spiro atoms. The van der Waals surface area contributed by atoms with Gasteiger partial charge in [0.05, 0.1) is 0 Å². The molecule has 6 heteroatoms. The van der Waals surface area contributed by atoms with E-state index in [0.717, 1.165) is 57.8 Å². The first-order valence-corrected chi connectivity index (χ1v) is 29.5. The minimum absolute atomic E-state index is 0.0610. The first-order chi connectivity index (χ1) is 32.0. The first-order valence-electron chi connectivity index (χ1n) is 29.5. The summed E-state index contributed by atoms with van der Waals surface area (Å²) in [6, 6.07) is 0. The van der Waals surface area contributed by atoms with Crippen LogP contribution in [-0.2, 0) is 28.6 Å². The molecule has 0 aromatic rings. The maximum atomic E-state index is 12.9. The predicted molar refractivity (Wildman–Crippen MR) is 280 cm³/mol. The molecule has 0 aliphatic rings. The van der Waals surface area contributed by atoms with E-state index < -0.39 is 6.10 Å². The normalized spacial score (nSPS) is 11.9. The van der Waals surface area contributed by atoms with Gasteiger partial charge in [0, 0.05) is 19.3 Å². The Labute approximate surface area is 406 Å². The van der Waals surface area contributed by atoms with E-state index in [-0.39, 0.29) is 31.1 Å². The van der Waals surface area contributed by atoms with Crippen LogP contribution in [0, 0.1) is 0 Å². The highest BCUT2D eigenvalue weighted by Gasteiger charge is 2.19. The lowest BCUT2D eigenvalue weighted by Gasteiger charge is -2.18. The second-order valence-electron chi connectivity index (χ2n) is 20.3. The molecule has 0 rings (SSSR count). The second-order valence-corrected chi connectivity index (χ2v) is 20.3. The van der Waals surface area contributed by atoms with E-state index in [1.807, 2.05) is 0 Å².